The quantitative estimate of drug-likeness (QED) is 0.944. The largest absolute Gasteiger partial charge is 0.380 e. The van der Waals surface area contributed by atoms with Gasteiger partial charge in [-0.25, -0.2) is 0 Å². The van der Waals surface area contributed by atoms with E-state index in [1.165, 1.54) is 10.1 Å². The van der Waals surface area contributed by atoms with Crippen LogP contribution in [0.4, 0.5) is 0 Å². The average molecular weight is 321 g/mol. The molecule has 0 atom stereocenters. The molecule has 5 heteroatoms. The summed E-state index contributed by atoms with van der Waals surface area (Å²) in [4.78, 5) is 14.2. The monoisotopic (exact) mass is 321 g/mol. The molecule has 3 rings (SSSR count). The number of fused-ring (bicyclic) bond motifs is 1. The molecule has 1 aliphatic rings. The fraction of sp³-hybridized carbons (Fsp3) is 0.438. The van der Waals surface area contributed by atoms with Gasteiger partial charge in [0.2, 0.25) is 0 Å². The molecule has 3 nitrogen and oxygen atoms in total. The summed E-state index contributed by atoms with van der Waals surface area (Å²) in [6, 6.07) is 8.23. The molecule has 0 spiro atoms. The third kappa shape index (κ3) is 2.96. The Morgan fingerprint density at radius 3 is 2.81 bits per heavy atom. The van der Waals surface area contributed by atoms with Gasteiger partial charge in [0.1, 0.15) is 5.60 Å². The second-order valence-corrected chi connectivity index (χ2v) is 7.70. The lowest BCUT2D eigenvalue weighted by molar-refractivity contribution is -0.151. The Morgan fingerprint density at radius 1 is 1.33 bits per heavy atom. The lowest BCUT2D eigenvalue weighted by atomic mass is 9.95. The van der Waals surface area contributed by atoms with Gasteiger partial charge < -0.3 is 10.0 Å². The van der Waals surface area contributed by atoms with Gasteiger partial charge >= 0.3 is 0 Å². The molecule has 0 unspecified atom stereocenters. The Morgan fingerprint density at radius 2 is 2.05 bits per heavy atom. The standard InChI is InChI=1S/C16H19NO2S2/c1-17(15(18)16(19)6-8-20-9-7-16)10-12-11-21-14-5-3-2-4-13(12)14/h2-5,11,19H,6-10H2,1H3. The van der Waals surface area contributed by atoms with Crippen LogP contribution in [0.15, 0.2) is 29.6 Å². The SMILES string of the molecule is CN(Cc1csc2ccccc12)C(=O)C1(O)CCSCC1. The topological polar surface area (TPSA) is 40.5 Å². The number of carbonyl (C=O) groups excluding carboxylic acids is 1. The minimum absolute atomic E-state index is 0.141. The zero-order chi connectivity index (χ0) is 14.9. The van der Waals surface area contributed by atoms with Gasteiger partial charge in [-0.3, -0.25) is 4.79 Å². The van der Waals surface area contributed by atoms with Crippen LogP contribution in [0.25, 0.3) is 10.1 Å². The Kier molecular flexibility index (Phi) is 4.24. The molecule has 0 saturated carbocycles. The van der Waals surface area contributed by atoms with Crippen molar-refractivity contribution in [2.75, 3.05) is 18.6 Å². The van der Waals surface area contributed by atoms with Crippen molar-refractivity contribution in [2.45, 2.75) is 25.0 Å². The Labute approximate surface area is 133 Å². The second-order valence-electron chi connectivity index (χ2n) is 5.56. The van der Waals surface area contributed by atoms with Crippen molar-refractivity contribution in [3.05, 3.63) is 35.2 Å². The van der Waals surface area contributed by atoms with Crippen LogP contribution < -0.4 is 0 Å². The molecule has 0 aliphatic carbocycles. The van der Waals surface area contributed by atoms with Gasteiger partial charge in [-0.2, -0.15) is 11.8 Å². The number of thiophene rings is 1. The maximum Gasteiger partial charge on any atom is 0.254 e. The van der Waals surface area contributed by atoms with E-state index in [2.05, 4.69) is 17.5 Å². The van der Waals surface area contributed by atoms with E-state index in [-0.39, 0.29) is 5.91 Å². The number of thioether (sulfide) groups is 1. The summed E-state index contributed by atoms with van der Waals surface area (Å²) in [6.45, 7) is 0.554. The molecule has 2 heterocycles. The summed E-state index contributed by atoms with van der Waals surface area (Å²) >= 11 is 3.50. The number of amides is 1. The van der Waals surface area contributed by atoms with Gasteiger partial charge in [0.25, 0.3) is 5.91 Å². The summed E-state index contributed by atoms with van der Waals surface area (Å²) in [7, 11) is 1.79. The van der Waals surface area contributed by atoms with Gasteiger partial charge in [0.15, 0.2) is 0 Å². The van der Waals surface area contributed by atoms with Crippen molar-refractivity contribution in [3.8, 4) is 0 Å². The fourth-order valence-electron chi connectivity index (χ4n) is 2.76. The van der Waals surface area contributed by atoms with E-state index in [1.54, 1.807) is 35.0 Å². The molecule has 2 aromatic rings. The maximum absolute atomic E-state index is 12.6. The molecule has 1 N–H and O–H groups in total. The Hall–Kier alpha value is -1.04. The van der Waals surface area contributed by atoms with Crippen molar-refractivity contribution >= 4 is 39.1 Å². The van der Waals surface area contributed by atoms with E-state index < -0.39 is 5.60 Å². The highest BCUT2D eigenvalue weighted by molar-refractivity contribution is 7.99. The molecule has 1 amide bonds. The molecule has 1 aromatic heterocycles. The molecule has 1 fully saturated rings. The highest BCUT2D eigenvalue weighted by atomic mass is 32.2. The van der Waals surface area contributed by atoms with Crippen LogP contribution in [0.5, 0.6) is 0 Å². The van der Waals surface area contributed by atoms with Crippen LogP contribution in [0.3, 0.4) is 0 Å². The van der Waals surface area contributed by atoms with Crippen LogP contribution in [-0.4, -0.2) is 40.1 Å². The molecular weight excluding hydrogens is 302 g/mol. The summed E-state index contributed by atoms with van der Waals surface area (Å²) in [5.41, 5.74) is -0.00789. The predicted octanol–water partition coefficient (Wildman–Crippen LogP) is 3.12. The fourth-order valence-corrected chi connectivity index (χ4v) is 4.88. The molecular formula is C16H19NO2S2. The first-order chi connectivity index (χ1) is 10.1. The number of aliphatic hydroxyl groups is 1. The van der Waals surface area contributed by atoms with Crippen LogP contribution in [-0.2, 0) is 11.3 Å². The third-order valence-corrected chi connectivity index (χ3v) is 6.03. The first kappa shape index (κ1) is 14.9. The Balaban J connectivity index is 1.76. The van der Waals surface area contributed by atoms with E-state index in [9.17, 15) is 9.90 Å². The molecule has 1 aromatic carbocycles. The normalized spacial score (nSPS) is 17.8. The lowest BCUT2D eigenvalue weighted by Gasteiger charge is -2.34. The van der Waals surface area contributed by atoms with Crippen molar-refractivity contribution in [1.82, 2.24) is 4.90 Å². The minimum atomic E-state index is -1.16. The smallest absolute Gasteiger partial charge is 0.254 e. The van der Waals surface area contributed by atoms with Gasteiger partial charge in [0.05, 0.1) is 0 Å². The van der Waals surface area contributed by atoms with Crippen LogP contribution in [0.1, 0.15) is 18.4 Å². The van der Waals surface area contributed by atoms with Crippen molar-refractivity contribution in [3.63, 3.8) is 0 Å². The number of nitrogens with zero attached hydrogens (tertiary/aromatic N) is 1. The van der Waals surface area contributed by atoms with Crippen molar-refractivity contribution in [2.24, 2.45) is 0 Å². The van der Waals surface area contributed by atoms with E-state index in [0.717, 1.165) is 17.1 Å². The summed E-state index contributed by atoms with van der Waals surface area (Å²) in [5, 5.41) is 13.9. The van der Waals surface area contributed by atoms with E-state index >= 15 is 0 Å². The molecule has 0 bridgehead atoms. The summed E-state index contributed by atoms with van der Waals surface area (Å²) in [6.07, 6.45) is 1.12. The van der Waals surface area contributed by atoms with Gasteiger partial charge in [0, 0.05) is 18.3 Å². The maximum atomic E-state index is 12.6. The molecule has 1 saturated heterocycles. The average Bonchev–Trinajstić information content (AvgIpc) is 2.90. The highest BCUT2D eigenvalue weighted by Crippen LogP contribution is 2.30. The summed E-state index contributed by atoms with van der Waals surface area (Å²) in [5.74, 6) is 1.58. The van der Waals surface area contributed by atoms with Crippen molar-refractivity contribution in [1.29, 1.82) is 0 Å². The van der Waals surface area contributed by atoms with E-state index in [4.69, 9.17) is 0 Å². The predicted molar refractivity (Wildman–Crippen MR) is 89.8 cm³/mol. The molecule has 112 valence electrons. The number of carbonyl (C=O) groups is 1. The number of hydrogen-bond acceptors (Lipinski definition) is 4. The molecule has 0 radical (unpaired) electrons. The lowest BCUT2D eigenvalue weighted by Crippen LogP contribution is -2.49. The van der Waals surface area contributed by atoms with Crippen LogP contribution in [0, 0.1) is 0 Å². The van der Waals surface area contributed by atoms with Gasteiger partial charge in [-0.15, -0.1) is 11.3 Å². The second kappa shape index (κ2) is 5.99. The Bertz CT molecular complexity index is 647. The number of likely N-dealkylation sites (N-methyl/N-ethyl adjacent to an activating group) is 1. The van der Waals surface area contributed by atoms with E-state index in [0.29, 0.717) is 19.4 Å². The zero-order valence-corrected chi connectivity index (χ0v) is 13.7. The summed E-state index contributed by atoms with van der Waals surface area (Å²) < 4.78 is 1.24. The first-order valence-electron chi connectivity index (χ1n) is 7.11. The zero-order valence-electron chi connectivity index (χ0n) is 12.0. The van der Waals surface area contributed by atoms with E-state index in [1.807, 2.05) is 12.1 Å². The van der Waals surface area contributed by atoms with Gasteiger partial charge in [-0.05, 0) is 46.7 Å². The molecule has 1 aliphatic heterocycles. The molecule has 21 heavy (non-hydrogen) atoms. The van der Waals surface area contributed by atoms with Gasteiger partial charge in [-0.1, -0.05) is 18.2 Å². The number of benzene rings is 1. The number of rotatable bonds is 3. The highest BCUT2D eigenvalue weighted by Gasteiger charge is 2.39. The van der Waals surface area contributed by atoms with Crippen LogP contribution >= 0.6 is 23.1 Å². The van der Waals surface area contributed by atoms with Crippen molar-refractivity contribution < 1.29 is 9.90 Å². The third-order valence-electron chi connectivity index (χ3n) is 4.03. The van der Waals surface area contributed by atoms with Crippen LogP contribution in [0.2, 0.25) is 0 Å². The number of hydrogen-bond donors (Lipinski definition) is 1. The first-order valence-corrected chi connectivity index (χ1v) is 9.14. The minimum Gasteiger partial charge on any atom is -0.380 e.